The summed E-state index contributed by atoms with van der Waals surface area (Å²) in [5.74, 6) is 2.59. The van der Waals surface area contributed by atoms with Gasteiger partial charge in [0.05, 0.1) is 0 Å². The Morgan fingerprint density at radius 3 is 3.15 bits per heavy atom. The molecule has 1 aromatic rings. The number of hydrogen-bond acceptors (Lipinski definition) is 2. The first-order chi connectivity index (χ1) is 6.22. The van der Waals surface area contributed by atoms with Gasteiger partial charge in [0, 0.05) is 24.3 Å². The number of nitrogens with zero attached hydrogens (tertiary/aromatic N) is 1. The Kier molecular flexibility index (Phi) is 3.60. The number of rotatable bonds is 3. The summed E-state index contributed by atoms with van der Waals surface area (Å²) >= 11 is 5.71. The summed E-state index contributed by atoms with van der Waals surface area (Å²) in [5, 5.41) is 3.70. The van der Waals surface area contributed by atoms with Crippen molar-refractivity contribution in [3.05, 3.63) is 23.5 Å². The maximum atomic E-state index is 5.71. The lowest BCUT2D eigenvalue weighted by Gasteiger charge is -2.11. The summed E-state index contributed by atoms with van der Waals surface area (Å²) in [6.45, 7) is 2.02. The van der Waals surface area contributed by atoms with E-state index in [0.29, 0.717) is 11.6 Å². The Hall–Kier alpha value is -1.20. The van der Waals surface area contributed by atoms with E-state index in [1.54, 1.807) is 12.3 Å². The highest BCUT2D eigenvalue weighted by Crippen LogP contribution is 2.13. The van der Waals surface area contributed by atoms with E-state index in [-0.39, 0.29) is 6.04 Å². The van der Waals surface area contributed by atoms with Crippen molar-refractivity contribution in [1.82, 2.24) is 4.98 Å². The van der Waals surface area contributed by atoms with Gasteiger partial charge in [-0.15, -0.1) is 12.3 Å². The summed E-state index contributed by atoms with van der Waals surface area (Å²) < 4.78 is 0. The third kappa shape index (κ3) is 3.35. The molecule has 0 fully saturated rings. The van der Waals surface area contributed by atoms with Crippen molar-refractivity contribution in [3.63, 3.8) is 0 Å². The van der Waals surface area contributed by atoms with E-state index in [2.05, 4.69) is 16.2 Å². The van der Waals surface area contributed by atoms with Crippen molar-refractivity contribution < 1.29 is 0 Å². The van der Waals surface area contributed by atoms with Crippen LogP contribution in [0.1, 0.15) is 13.3 Å². The van der Waals surface area contributed by atoms with Crippen molar-refractivity contribution in [2.45, 2.75) is 19.4 Å². The predicted molar refractivity (Wildman–Crippen MR) is 55.8 cm³/mol. The van der Waals surface area contributed by atoms with Crippen LogP contribution in [0.15, 0.2) is 18.3 Å². The summed E-state index contributed by atoms with van der Waals surface area (Å²) in [4.78, 5) is 3.88. The Morgan fingerprint density at radius 1 is 1.77 bits per heavy atom. The fraction of sp³-hybridized carbons (Fsp3) is 0.300. The second kappa shape index (κ2) is 4.74. The summed E-state index contributed by atoms with van der Waals surface area (Å²) in [5.41, 5.74) is 0.947. The Morgan fingerprint density at radius 2 is 2.54 bits per heavy atom. The van der Waals surface area contributed by atoms with E-state index in [1.807, 2.05) is 13.0 Å². The quantitative estimate of drug-likeness (QED) is 0.591. The molecule has 1 atom stereocenters. The van der Waals surface area contributed by atoms with E-state index >= 15 is 0 Å². The molecule has 1 N–H and O–H groups in total. The van der Waals surface area contributed by atoms with E-state index in [1.165, 1.54) is 0 Å². The minimum atomic E-state index is 0.253. The Bertz CT molecular complexity index is 317. The highest BCUT2D eigenvalue weighted by atomic mass is 35.5. The first kappa shape index (κ1) is 9.88. The first-order valence-electron chi connectivity index (χ1n) is 4.04. The molecule has 0 aromatic carbocycles. The standard InChI is InChI=1S/C10H11ClN2/c1-3-4-8(2)13-9-5-6-12-10(11)7-9/h1,5-8H,4H2,2H3,(H,12,13). The molecule has 0 spiro atoms. The summed E-state index contributed by atoms with van der Waals surface area (Å²) in [6.07, 6.45) is 7.54. The minimum absolute atomic E-state index is 0.253. The average Bonchev–Trinajstić information content (AvgIpc) is 2.04. The molecule has 0 aliphatic rings. The molecule has 2 nitrogen and oxygen atoms in total. The fourth-order valence-electron chi connectivity index (χ4n) is 1.00. The van der Waals surface area contributed by atoms with Gasteiger partial charge in [-0.3, -0.25) is 0 Å². The molecule has 1 heterocycles. The van der Waals surface area contributed by atoms with Gasteiger partial charge in [-0.25, -0.2) is 4.98 Å². The first-order valence-corrected chi connectivity index (χ1v) is 4.41. The van der Waals surface area contributed by atoms with Crippen LogP contribution >= 0.6 is 11.6 Å². The molecule has 0 aliphatic carbocycles. The van der Waals surface area contributed by atoms with Gasteiger partial charge in [-0.05, 0) is 19.1 Å². The highest BCUT2D eigenvalue weighted by molar-refractivity contribution is 6.29. The zero-order valence-electron chi connectivity index (χ0n) is 7.42. The van der Waals surface area contributed by atoms with Crippen LogP contribution in [0.3, 0.4) is 0 Å². The SMILES string of the molecule is C#CCC(C)Nc1ccnc(Cl)c1. The number of nitrogens with one attached hydrogen (secondary N) is 1. The van der Waals surface area contributed by atoms with Crippen LogP contribution in [0, 0.1) is 12.3 Å². The molecule has 0 saturated carbocycles. The lowest BCUT2D eigenvalue weighted by atomic mass is 10.2. The third-order valence-electron chi connectivity index (χ3n) is 1.56. The van der Waals surface area contributed by atoms with Crippen LogP contribution in [-0.4, -0.2) is 11.0 Å². The predicted octanol–water partition coefficient (Wildman–Crippen LogP) is 2.56. The number of terminal acetylenes is 1. The molecule has 0 amide bonds. The lowest BCUT2D eigenvalue weighted by Crippen LogP contribution is -2.13. The zero-order chi connectivity index (χ0) is 9.68. The van der Waals surface area contributed by atoms with E-state index in [0.717, 1.165) is 5.69 Å². The van der Waals surface area contributed by atoms with E-state index < -0.39 is 0 Å². The molecule has 0 bridgehead atoms. The van der Waals surface area contributed by atoms with Crippen molar-refractivity contribution >= 4 is 17.3 Å². The maximum absolute atomic E-state index is 5.71. The summed E-state index contributed by atoms with van der Waals surface area (Å²) in [6, 6.07) is 3.89. The van der Waals surface area contributed by atoms with Crippen LogP contribution in [-0.2, 0) is 0 Å². The molecule has 1 rings (SSSR count). The van der Waals surface area contributed by atoms with E-state index in [4.69, 9.17) is 18.0 Å². The third-order valence-corrected chi connectivity index (χ3v) is 1.77. The number of anilines is 1. The molecular formula is C10H11ClN2. The average molecular weight is 195 g/mol. The number of hydrogen-bond donors (Lipinski definition) is 1. The molecule has 0 aliphatic heterocycles. The van der Waals surface area contributed by atoms with Gasteiger partial charge in [-0.1, -0.05) is 11.6 Å². The number of aromatic nitrogens is 1. The van der Waals surface area contributed by atoms with Gasteiger partial charge >= 0.3 is 0 Å². The van der Waals surface area contributed by atoms with Crippen molar-refractivity contribution in [2.24, 2.45) is 0 Å². The molecule has 3 heteroatoms. The molecular weight excluding hydrogens is 184 g/mol. The normalized spacial score (nSPS) is 11.8. The van der Waals surface area contributed by atoms with Gasteiger partial charge in [0.1, 0.15) is 5.15 Å². The van der Waals surface area contributed by atoms with Crippen molar-refractivity contribution in [2.75, 3.05) is 5.32 Å². The highest BCUT2D eigenvalue weighted by Gasteiger charge is 1.99. The minimum Gasteiger partial charge on any atom is -0.381 e. The second-order valence-corrected chi connectivity index (χ2v) is 3.21. The van der Waals surface area contributed by atoms with Crippen LogP contribution in [0.25, 0.3) is 0 Å². The monoisotopic (exact) mass is 194 g/mol. The maximum Gasteiger partial charge on any atom is 0.131 e. The van der Waals surface area contributed by atoms with Crippen molar-refractivity contribution in [3.8, 4) is 12.3 Å². The van der Waals surface area contributed by atoms with Crippen LogP contribution in [0.2, 0.25) is 5.15 Å². The smallest absolute Gasteiger partial charge is 0.131 e. The lowest BCUT2D eigenvalue weighted by molar-refractivity contribution is 0.828. The van der Waals surface area contributed by atoms with Gasteiger partial charge in [-0.2, -0.15) is 0 Å². The molecule has 13 heavy (non-hydrogen) atoms. The molecule has 68 valence electrons. The molecule has 0 radical (unpaired) electrons. The number of halogens is 1. The molecule has 1 aromatic heterocycles. The van der Waals surface area contributed by atoms with Gasteiger partial charge in [0.2, 0.25) is 0 Å². The van der Waals surface area contributed by atoms with Crippen LogP contribution < -0.4 is 5.32 Å². The number of pyridine rings is 1. The van der Waals surface area contributed by atoms with Gasteiger partial charge < -0.3 is 5.32 Å². The summed E-state index contributed by atoms with van der Waals surface area (Å²) in [7, 11) is 0. The van der Waals surface area contributed by atoms with Gasteiger partial charge in [0.25, 0.3) is 0 Å². The molecule has 0 saturated heterocycles. The van der Waals surface area contributed by atoms with E-state index in [9.17, 15) is 0 Å². The van der Waals surface area contributed by atoms with Crippen LogP contribution in [0.5, 0.6) is 0 Å². The zero-order valence-corrected chi connectivity index (χ0v) is 8.17. The topological polar surface area (TPSA) is 24.9 Å². The Balaban J connectivity index is 2.59. The Labute approximate surface area is 83.3 Å². The molecule has 1 unspecified atom stereocenters. The van der Waals surface area contributed by atoms with Crippen LogP contribution in [0.4, 0.5) is 5.69 Å². The van der Waals surface area contributed by atoms with Gasteiger partial charge in [0.15, 0.2) is 0 Å². The van der Waals surface area contributed by atoms with Crippen molar-refractivity contribution in [1.29, 1.82) is 0 Å². The largest absolute Gasteiger partial charge is 0.381 e. The second-order valence-electron chi connectivity index (χ2n) is 2.82. The fourth-order valence-corrected chi connectivity index (χ4v) is 1.18.